The van der Waals surface area contributed by atoms with Gasteiger partial charge in [-0.15, -0.1) is 0 Å². The van der Waals surface area contributed by atoms with E-state index < -0.39 is 6.15 Å². The summed E-state index contributed by atoms with van der Waals surface area (Å²) in [5.41, 5.74) is 8.16. The zero-order valence-electron chi connectivity index (χ0n) is 22.4. The van der Waals surface area contributed by atoms with Crippen LogP contribution < -0.4 is 21.9 Å². The van der Waals surface area contributed by atoms with Crippen LogP contribution in [0.3, 0.4) is 0 Å². The molecule has 0 aliphatic carbocycles. The highest BCUT2D eigenvalue weighted by atomic mass is 31.1. The number of rotatable bonds is 7. The maximum Gasteiger partial charge on any atom is 0.108 e. The van der Waals surface area contributed by atoms with Crippen molar-refractivity contribution in [2.24, 2.45) is 0 Å². The molecule has 0 spiro atoms. The van der Waals surface area contributed by atoms with E-state index in [2.05, 4.69) is 163 Å². The van der Waals surface area contributed by atoms with Gasteiger partial charge in [0.05, 0.1) is 17.0 Å². The Kier molecular flexibility index (Phi) is 9.94. The second-order valence-electron chi connectivity index (χ2n) is 10.5. The highest BCUT2D eigenvalue weighted by molar-refractivity contribution is 7.59. The monoisotopic (exact) mass is 480 g/mol. The first kappa shape index (κ1) is 27.0. The van der Waals surface area contributed by atoms with Gasteiger partial charge in [-0.3, -0.25) is 0 Å². The van der Waals surface area contributed by atoms with Crippen LogP contribution in [0.25, 0.3) is 0 Å². The van der Waals surface area contributed by atoms with Crippen LogP contribution in [0.2, 0.25) is 0 Å². The molecule has 0 nitrogen and oxygen atoms in total. The van der Waals surface area contributed by atoms with Gasteiger partial charge in [0, 0.05) is 7.92 Å². The fourth-order valence-corrected chi connectivity index (χ4v) is 10.1. The predicted octanol–water partition coefficient (Wildman–Crippen LogP) is 6.49. The summed E-state index contributed by atoms with van der Waals surface area (Å²) in [5, 5.41) is 0. The lowest BCUT2D eigenvalue weighted by Gasteiger charge is -2.44. The Bertz CT molecular complexity index is 924. The molecule has 182 valence electrons. The second kappa shape index (κ2) is 12.9. The first-order valence-electron chi connectivity index (χ1n) is 13.1. The Morgan fingerprint density at radius 1 is 0.371 bits per heavy atom. The van der Waals surface area contributed by atoms with Crippen molar-refractivity contribution in [1.29, 1.82) is 0 Å². The molecule has 2 heteroatoms. The molecule has 4 rings (SSSR count). The number of hydrogen-bond donors (Lipinski definition) is 0. The molecule has 0 heterocycles. The molecule has 0 aliphatic rings. The minimum Gasteiger partial charge on any atom is -0.195 e. The molecule has 35 heavy (non-hydrogen) atoms. The zero-order valence-corrected chi connectivity index (χ0v) is 23.4. The van der Waals surface area contributed by atoms with Gasteiger partial charge in [-0.2, -0.15) is 21.9 Å². The smallest absolute Gasteiger partial charge is 0.108 e. The van der Waals surface area contributed by atoms with Gasteiger partial charge in [0.2, 0.25) is 0 Å². The average Bonchev–Trinajstić information content (AvgIpc) is 2.87. The largest absolute Gasteiger partial charge is 0.195 e. The van der Waals surface area contributed by atoms with Crippen molar-refractivity contribution in [1.82, 2.24) is 0 Å². The molecule has 0 saturated carbocycles. The summed E-state index contributed by atoms with van der Waals surface area (Å²) in [6, 6.07) is 43.5. The molecule has 0 unspecified atom stereocenters. The van der Waals surface area contributed by atoms with E-state index in [1.54, 1.807) is 0 Å². The maximum atomic E-state index is 2.37. The molecular weight excluding hydrogens is 438 g/mol. The van der Waals surface area contributed by atoms with Crippen molar-refractivity contribution >= 4 is 35.9 Å². The number of hydrogen-bond acceptors (Lipinski definition) is 0. The summed E-state index contributed by atoms with van der Waals surface area (Å²) in [4.78, 5) is 0. The van der Waals surface area contributed by atoms with Crippen LogP contribution in [0.5, 0.6) is 0 Å². The third kappa shape index (κ3) is 6.33. The standard InChI is InChI=1S/C24H20B.C9H21P/c1-5-13-21(14-6-1)25(22-15-7-2-8-16-22,23-17-9-3-10-18-23)24-19-11-4-12-20-24;1-7(2)10(8(3)4)9(5)6/h1-20H;7-9H,1-6H3/q-1;/p+1. The minimum atomic E-state index is -1.22. The first-order chi connectivity index (χ1) is 16.9. The third-order valence-corrected chi connectivity index (χ3v) is 11.2. The van der Waals surface area contributed by atoms with Crippen molar-refractivity contribution in [3.63, 3.8) is 0 Å². The van der Waals surface area contributed by atoms with Gasteiger partial charge in [-0.05, 0) is 41.5 Å². The van der Waals surface area contributed by atoms with Crippen LogP contribution in [0.15, 0.2) is 121 Å². The van der Waals surface area contributed by atoms with Gasteiger partial charge in [0.1, 0.15) is 6.15 Å². The van der Waals surface area contributed by atoms with Gasteiger partial charge >= 0.3 is 0 Å². The van der Waals surface area contributed by atoms with E-state index >= 15 is 0 Å². The van der Waals surface area contributed by atoms with Crippen LogP contribution in [-0.4, -0.2) is 23.1 Å². The predicted molar refractivity (Wildman–Crippen MR) is 164 cm³/mol. The Morgan fingerprint density at radius 2 is 0.571 bits per heavy atom. The Balaban J connectivity index is 0.000000292. The minimum absolute atomic E-state index is 0.0957. The van der Waals surface area contributed by atoms with Crippen molar-refractivity contribution in [3.05, 3.63) is 121 Å². The molecule has 0 atom stereocenters. The molecule has 0 fully saturated rings. The van der Waals surface area contributed by atoms with E-state index in [9.17, 15) is 0 Å². The maximum absolute atomic E-state index is 2.37. The lowest BCUT2D eigenvalue weighted by molar-refractivity contribution is 0.946. The van der Waals surface area contributed by atoms with E-state index in [1.165, 1.54) is 21.9 Å². The van der Waals surface area contributed by atoms with Crippen LogP contribution >= 0.6 is 7.92 Å². The molecule has 0 bridgehead atoms. The first-order valence-corrected chi connectivity index (χ1v) is 14.9. The normalized spacial score (nSPS) is 11.6. The summed E-state index contributed by atoms with van der Waals surface area (Å²) in [7, 11) is -0.0957. The lowest BCUT2D eigenvalue weighted by atomic mass is 9.13. The van der Waals surface area contributed by atoms with Crippen LogP contribution in [0, 0.1) is 0 Å². The molecule has 0 aromatic heterocycles. The van der Waals surface area contributed by atoms with Crippen molar-refractivity contribution in [2.45, 2.75) is 58.5 Å². The van der Waals surface area contributed by atoms with Gasteiger partial charge < -0.3 is 0 Å². The highest BCUT2D eigenvalue weighted by Gasteiger charge is 2.31. The molecule has 0 saturated heterocycles. The van der Waals surface area contributed by atoms with Crippen molar-refractivity contribution in [2.75, 3.05) is 0 Å². The molecule has 4 aromatic rings. The summed E-state index contributed by atoms with van der Waals surface area (Å²) in [6.07, 6.45) is -1.22. The van der Waals surface area contributed by atoms with E-state index in [4.69, 9.17) is 0 Å². The summed E-state index contributed by atoms with van der Waals surface area (Å²) in [5.74, 6) is 0. The molecule has 4 aromatic carbocycles. The fourth-order valence-electron chi connectivity index (χ4n) is 6.12. The van der Waals surface area contributed by atoms with Crippen LogP contribution in [0.4, 0.5) is 0 Å². The summed E-state index contributed by atoms with van der Waals surface area (Å²) >= 11 is 0. The van der Waals surface area contributed by atoms with Gasteiger partial charge in [0.15, 0.2) is 0 Å². The van der Waals surface area contributed by atoms with E-state index in [0.29, 0.717) is 0 Å². The Morgan fingerprint density at radius 3 is 0.714 bits per heavy atom. The molecule has 0 N–H and O–H groups in total. The van der Waals surface area contributed by atoms with Gasteiger partial charge in [-0.1, -0.05) is 121 Å². The summed E-state index contributed by atoms with van der Waals surface area (Å²) < 4.78 is 0. The number of benzene rings is 4. The average molecular weight is 480 g/mol. The molecule has 0 aliphatic heterocycles. The van der Waals surface area contributed by atoms with E-state index in [-0.39, 0.29) is 7.92 Å². The Hall–Kier alpha value is -2.63. The third-order valence-electron chi connectivity index (χ3n) is 7.20. The summed E-state index contributed by atoms with van der Waals surface area (Å²) in [6.45, 7) is 14.2. The zero-order chi connectivity index (χ0) is 25.3. The van der Waals surface area contributed by atoms with E-state index in [0.717, 1.165) is 17.0 Å². The SMILES string of the molecule is CC(C)[PH+](C(C)C)C(C)C.c1ccc([B-](c2ccccc2)(c2ccccc2)c2ccccc2)cc1. The van der Waals surface area contributed by atoms with Crippen LogP contribution in [0.1, 0.15) is 41.5 Å². The van der Waals surface area contributed by atoms with Crippen molar-refractivity contribution < 1.29 is 0 Å². The van der Waals surface area contributed by atoms with Crippen molar-refractivity contribution in [3.8, 4) is 0 Å². The quantitative estimate of drug-likeness (QED) is 0.210. The van der Waals surface area contributed by atoms with E-state index in [1.807, 2.05) is 0 Å². The molecular formula is C33H42BP. The highest BCUT2D eigenvalue weighted by Crippen LogP contribution is 2.49. The fraction of sp³-hybridized carbons (Fsp3) is 0.273. The molecule has 0 radical (unpaired) electrons. The second-order valence-corrected chi connectivity index (χ2v) is 14.9. The topological polar surface area (TPSA) is 0 Å². The van der Waals surface area contributed by atoms with Gasteiger partial charge in [-0.25, -0.2) is 0 Å². The Labute approximate surface area is 215 Å². The lowest BCUT2D eigenvalue weighted by Crippen LogP contribution is -2.74. The van der Waals surface area contributed by atoms with Crippen LogP contribution in [-0.2, 0) is 0 Å². The molecule has 0 amide bonds. The van der Waals surface area contributed by atoms with Gasteiger partial charge in [0.25, 0.3) is 0 Å².